The molecule has 0 aliphatic carbocycles. The molecular formula is C29H38ClNO9. The van der Waals surface area contributed by atoms with Crippen LogP contribution in [0.25, 0.3) is 0 Å². The number of benzene rings is 2. The molecule has 2 aromatic rings. The van der Waals surface area contributed by atoms with E-state index in [0.717, 1.165) is 11.1 Å². The first kappa shape index (κ1) is 31.6. The van der Waals surface area contributed by atoms with Gasteiger partial charge in [0.05, 0.1) is 19.3 Å². The fourth-order valence-electron chi connectivity index (χ4n) is 4.04. The number of aliphatic hydroxyl groups is 1. The number of rotatable bonds is 16. The third-order valence-corrected chi connectivity index (χ3v) is 6.28. The summed E-state index contributed by atoms with van der Waals surface area (Å²) >= 11 is 6.03. The molecular weight excluding hydrogens is 542 g/mol. The van der Waals surface area contributed by atoms with E-state index in [2.05, 4.69) is 5.32 Å². The maximum Gasteiger partial charge on any atom is 0.352 e. The highest BCUT2D eigenvalue weighted by Crippen LogP contribution is 2.36. The van der Waals surface area contributed by atoms with E-state index in [4.69, 9.17) is 40.0 Å². The van der Waals surface area contributed by atoms with Crippen LogP contribution in [0.4, 0.5) is 0 Å². The molecule has 0 saturated carbocycles. The van der Waals surface area contributed by atoms with Crippen LogP contribution < -0.4 is 14.8 Å². The zero-order chi connectivity index (χ0) is 28.9. The van der Waals surface area contributed by atoms with Crippen LogP contribution in [0.2, 0.25) is 5.02 Å². The lowest BCUT2D eigenvalue weighted by atomic mass is 10.0. The van der Waals surface area contributed by atoms with E-state index >= 15 is 0 Å². The van der Waals surface area contributed by atoms with E-state index in [1.165, 1.54) is 0 Å². The fraction of sp³-hybridized carbons (Fsp3) is 0.517. The summed E-state index contributed by atoms with van der Waals surface area (Å²) in [6.45, 7) is 7.44. The van der Waals surface area contributed by atoms with Crippen LogP contribution >= 0.6 is 11.6 Å². The normalized spacial score (nSPS) is 17.6. The molecule has 2 aromatic carbocycles. The first-order chi connectivity index (χ1) is 19.3. The molecule has 40 heavy (non-hydrogen) atoms. The number of hydrogen-bond acceptors (Lipinski definition) is 10. The minimum atomic E-state index is -1.35. The Morgan fingerprint density at radius 3 is 2.15 bits per heavy atom. The van der Waals surface area contributed by atoms with Gasteiger partial charge in [0.25, 0.3) is 0 Å². The zero-order valence-corrected chi connectivity index (χ0v) is 23.9. The molecule has 220 valence electrons. The molecule has 0 radical (unpaired) electrons. The lowest BCUT2D eigenvalue weighted by Gasteiger charge is -2.31. The smallest absolute Gasteiger partial charge is 0.352 e. The summed E-state index contributed by atoms with van der Waals surface area (Å²) in [5.74, 6) is -0.885. The van der Waals surface area contributed by atoms with Gasteiger partial charge in [-0.25, -0.2) is 9.59 Å². The van der Waals surface area contributed by atoms with E-state index in [9.17, 15) is 14.7 Å². The molecule has 0 amide bonds. The quantitative estimate of drug-likeness (QED) is 0.226. The lowest BCUT2D eigenvalue weighted by molar-refractivity contribution is -0.173. The van der Waals surface area contributed by atoms with Crippen LogP contribution in [0.1, 0.15) is 38.0 Å². The molecule has 0 aromatic heterocycles. The third kappa shape index (κ3) is 9.64. The SMILES string of the molecule is CCOCCOC(=O)C1Oc2ccc(C[C@@H](C)NC[C@H](O)c3cccc(Cl)c3)cc2OC1C(=O)OCCOCC. The molecule has 1 aliphatic rings. The lowest BCUT2D eigenvalue weighted by Crippen LogP contribution is -2.51. The Hall–Kier alpha value is -2.89. The maximum absolute atomic E-state index is 12.9. The van der Waals surface area contributed by atoms with Crippen molar-refractivity contribution >= 4 is 23.5 Å². The van der Waals surface area contributed by atoms with Crippen molar-refractivity contribution in [2.75, 3.05) is 46.2 Å². The molecule has 11 heteroatoms. The van der Waals surface area contributed by atoms with Crippen LogP contribution in [0.15, 0.2) is 42.5 Å². The van der Waals surface area contributed by atoms with Crippen molar-refractivity contribution in [2.24, 2.45) is 0 Å². The van der Waals surface area contributed by atoms with E-state index < -0.39 is 30.3 Å². The number of ether oxygens (including phenoxy) is 6. The van der Waals surface area contributed by atoms with Crippen molar-refractivity contribution in [1.29, 1.82) is 0 Å². The van der Waals surface area contributed by atoms with Crippen LogP contribution in [0, 0.1) is 0 Å². The Morgan fingerprint density at radius 1 is 0.925 bits per heavy atom. The van der Waals surface area contributed by atoms with Gasteiger partial charge in [-0.15, -0.1) is 0 Å². The highest BCUT2D eigenvalue weighted by atomic mass is 35.5. The summed E-state index contributed by atoms with van der Waals surface area (Å²) in [6, 6.07) is 12.4. The van der Waals surface area contributed by atoms with Gasteiger partial charge in [-0.3, -0.25) is 0 Å². The van der Waals surface area contributed by atoms with Crippen LogP contribution in [0.3, 0.4) is 0 Å². The second-order valence-electron chi connectivity index (χ2n) is 9.17. The van der Waals surface area contributed by atoms with Gasteiger partial charge in [0, 0.05) is 30.8 Å². The molecule has 0 fully saturated rings. The molecule has 10 nitrogen and oxygen atoms in total. The summed E-state index contributed by atoms with van der Waals surface area (Å²) in [5, 5.41) is 14.4. The van der Waals surface area contributed by atoms with Crippen molar-refractivity contribution in [3.63, 3.8) is 0 Å². The summed E-state index contributed by atoms with van der Waals surface area (Å²) in [7, 11) is 0. The number of fused-ring (bicyclic) bond motifs is 1. The Bertz CT molecular complexity index is 1100. The number of aliphatic hydroxyl groups excluding tert-OH is 1. The third-order valence-electron chi connectivity index (χ3n) is 6.04. The monoisotopic (exact) mass is 579 g/mol. The van der Waals surface area contributed by atoms with E-state index in [1.54, 1.807) is 30.3 Å². The molecule has 0 spiro atoms. The van der Waals surface area contributed by atoms with Crippen molar-refractivity contribution in [1.82, 2.24) is 5.32 Å². The minimum absolute atomic E-state index is 0.00351. The van der Waals surface area contributed by atoms with Crippen molar-refractivity contribution < 1.29 is 43.1 Å². The Balaban J connectivity index is 1.64. The predicted molar refractivity (Wildman–Crippen MR) is 148 cm³/mol. The predicted octanol–water partition coefficient (Wildman–Crippen LogP) is 3.26. The van der Waals surface area contributed by atoms with E-state index in [1.807, 2.05) is 32.9 Å². The van der Waals surface area contributed by atoms with Gasteiger partial charge in [0.2, 0.25) is 12.2 Å². The Morgan fingerprint density at radius 2 is 1.55 bits per heavy atom. The van der Waals surface area contributed by atoms with Crippen LogP contribution in [-0.4, -0.2) is 81.5 Å². The Kier molecular flexibility index (Phi) is 13.0. The summed E-state index contributed by atoms with van der Waals surface area (Å²) < 4.78 is 32.8. The molecule has 2 N–H and O–H groups in total. The van der Waals surface area contributed by atoms with Crippen molar-refractivity contribution in [2.45, 2.75) is 51.5 Å². The van der Waals surface area contributed by atoms with Gasteiger partial charge in [-0.05, 0) is 62.6 Å². The summed E-state index contributed by atoms with van der Waals surface area (Å²) in [4.78, 5) is 25.6. The number of carbonyl (C=O) groups is 2. The maximum atomic E-state index is 12.9. The summed E-state index contributed by atoms with van der Waals surface area (Å²) in [5.41, 5.74) is 1.64. The average Bonchev–Trinajstić information content (AvgIpc) is 2.95. The number of carbonyl (C=O) groups excluding carboxylic acids is 2. The standard InChI is InChI=1S/C29H38ClNO9/c1-4-35-11-13-37-28(33)26-27(29(34)38-14-12-36-5-2)40-25-16-20(9-10-24(25)39-26)15-19(3)31-18-23(32)21-7-6-8-22(30)17-21/h6-10,16-17,19,23,26-27,31-32H,4-5,11-15,18H2,1-3H3/t19-,23+,26?,27?/m1/s1. The number of nitrogens with one attached hydrogen (secondary N) is 1. The number of halogens is 1. The van der Waals surface area contributed by atoms with Gasteiger partial charge >= 0.3 is 11.9 Å². The molecule has 0 bridgehead atoms. The van der Waals surface area contributed by atoms with Crippen LogP contribution in [0.5, 0.6) is 11.5 Å². The van der Waals surface area contributed by atoms with Gasteiger partial charge in [0.1, 0.15) is 13.2 Å². The molecule has 2 unspecified atom stereocenters. The molecule has 1 heterocycles. The Labute approximate surface area is 239 Å². The second-order valence-corrected chi connectivity index (χ2v) is 9.61. The average molecular weight is 580 g/mol. The molecule has 4 atom stereocenters. The minimum Gasteiger partial charge on any atom is -0.470 e. The molecule has 1 aliphatic heterocycles. The number of hydrogen-bond donors (Lipinski definition) is 2. The first-order valence-corrected chi connectivity index (χ1v) is 13.8. The second kappa shape index (κ2) is 16.4. The largest absolute Gasteiger partial charge is 0.470 e. The van der Waals surface area contributed by atoms with E-state index in [0.29, 0.717) is 42.7 Å². The number of esters is 2. The van der Waals surface area contributed by atoms with Crippen molar-refractivity contribution in [3.8, 4) is 11.5 Å². The summed E-state index contributed by atoms with van der Waals surface area (Å²) in [6.07, 6.45) is -2.80. The van der Waals surface area contributed by atoms with Gasteiger partial charge < -0.3 is 38.8 Å². The van der Waals surface area contributed by atoms with Crippen molar-refractivity contribution in [3.05, 3.63) is 58.6 Å². The first-order valence-electron chi connectivity index (χ1n) is 13.4. The fourth-order valence-corrected chi connectivity index (χ4v) is 4.23. The molecule has 3 rings (SSSR count). The zero-order valence-electron chi connectivity index (χ0n) is 23.1. The van der Waals surface area contributed by atoms with Gasteiger partial charge in [-0.1, -0.05) is 29.8 Å². The topological polar surface area (TPSA) is 122 Å². The molecule has 0 saturated heterocycles. The van der Waals surface area contributed by atoms with E-state index in [-0.39, 0.29) is 32.5 Å². The van der Waals surface area contributed by atoms with Crippen LogP contribution in [-0.2, 0) is 35.0 Å². The van der Waals surface area contributed by atoms with Gasteiger partial charge in [-0.2, -0.15) is 0 Å². The highest BCUT2D eigenvalue weighted by molar-refractivity contribution is 6.30. The highest BCUT2D eigenvalue weighted by Gasteiger charge is 2.44. The van der Waals surface area contributed by atoms with Gasteiger partial charge in [0.15, 0.2) is 11.5 Å².